The maximum atomic E-state index is 5.30. The lowest BCUT2D eigenvalue weighted by Gasteiger charge is -2.36. The molecule has 126 valence electrons. The Hall–Kier alpha value is -2.94. The van der Waals surface area contributed by atoms with Crippen molar-refractivity contribution in [3.63, 3.8) is 0 Å². The van der Waals surface area contributed by atoms with Crippen molar-refractivity contribution in [3.8, 4) is 5.75 Å². The van der Waals surface area contributed by atoms with Crippen molar-refractivity contribution in [2.24, 2.45) is 0 Å². The van der Waals surface area contributed by atoms with Crippen molar-refractivity contribution in [1.82, 2.24) is 0 Å². The Morgan fingerprint density at radius 2 is 1.40 bits per heavy atom. The summed E-state index contributed by atoms with van der Waals surface area (Å²) >= 11 is 0. The number of hydrazine groups is 1. The minimum absolute atomic E-state index is 0.339. The van der Waals surface area contributed by atoms with E-state index in [0.717, 1.165) is 18.7 Å². The molecule has 4 rings (SSSR count). The zero-order valence-electron chi connectivity index (χ0n) is 14.4. The lowest BCUT2D eigenvalue weighted by Crippen LogP contribution is -2.38. The van der Waals surface area contributed by atoms with Crippen molar-refractivity contribution in [1.29, 1.82) is 0 Å². The summed E-state index contributed by atoms with van der Waals surface area (Å²) in [7, 11) is 1.70. The van der Waals surface area contributed by atoms with Gasteiger partial charge in [-0.25, -0.2) is 0 Å². The first kappa shape index (κ1) is 15.6. The van der Waals surface area contributed by atoms with E-state index >= 15 is 0 Å². The summed E-state index contributed by atoms with van der Waals surface area (Å²) in [5.74, 6) is 0.883. The third-order valence-corrected chi connectivity index (χ3v) is 4.75. The number of methoxy groups -OCH3 is 1. The number of ether oxygens (including phenoxy) is 1. The van der Waals surface area contributed by atoms with E-state index < -0.39 is 0 Å². The number of hydrogen-bond acceptors (Lipinski definition) is 3. The lowest BCUT2D eigenvalue weighted by molar-refractivity contribution is 0.415. The molecule has 3 aromatic carbocycles. The van der Waals surface area contributed by atoms with E-state index in [1.54, 1.807) is 7.11 Å². The SMILES string of the molecule is COc1ccc(N2CCC(c3ccccc3)N2c2ccccc2)cc1. The third kappa shape index (κ3) is 3.05. The van der Waals surface area contributed by atoms with Crippen molar-refractivity contribution in [2.75, 3.05) is 23.7 Å². The predicted octanol–water partition coefficient (Wildman–Crippen LogP) is 5.07. The van der Waals surface area contributed by atoms with Crippen molar-refractivity contribution >= 4 is 11.4 Å². The van der Waals surface area contributed by atoms with Gasteiger partial charge in [0.2, 0.25) is 0 Å². The Morgan fingerprint density at radius 1 is 0.760 bits per heavy atom. The normalized spacial score (nSPS) is 16.9. The third-order valence-electron chi connectivity index (χ3n) is 4.75. The molecule has 0 aromatic heterocycles. The van der Waals surface area contributed by atoms with E-state index in [1.807, 2.05) is 12.1 Å². The Kier molecular flexibility index (Phi) is 4.30. The van der Waals surface area contributed by atoms with Gasteiger partial charge in [0.1, 0.15) is 5.75 Å². The van der Waals surface area contributed by atoms with Gasteiger partial charge >= 0.3 is 0 Å². The van der Waals surface area contributed by atoms with Crippen LogP contribution in [0.5, 0.6) is 5.75 Å². The van der Waals surface area contributed by atoms with Crippen LogP contribution in [0.15, 0.2) is 84.9 Å². The monoisotopic (exact) mass is 330 g/mol. The van der Waals surface area contributed by atoms with Crippen LogP contribution in [-0.4, -0.2) is 13.7 Å². The summed E-state index contributed by atoms with van der Waals surface area (Å²) in [6.07, 6.45) is 1.09. The molecule has 0 bridgehead atoms. The van der Waals surface area contributed by atoms with Crippen LogP contribution >= 0.6 is 0 Å². The molecule has 3 heteroatoms. The molecule has 0 spiro atoms. The fourth-order valence-electron chi connectivity index (χ4n) is 3.53. The van der Waals surface area contributed by atoms with Crippen molar-refractivity contribution < 1.29 is 4.74 Å². The molecular weight excluding hydrogens is 308 g/mol. The van der Waals surface area contributed by atoms with Crippen LogP contribution in [0.25, 0.3) is 0 Å². The number of benzene rings is 3. The first-order valence-corrected chi connectivity index (χ1v) is 8.67. The first-order valence-electron chi connectivity index (χ1n) is 8.67. The van der Waals surface area contributed by atoms with E-state index in [9.17, 15) is 0 Å². The summed E-state index contributed by atoms with van der Waals surface area (Å²) in [5.41, 5.74) is 3.75. The zero-order valence-corrected chi connectivity index (χ0v) is 14.4. The molecule has 0 N–H and O–H groups in total. The summed E-state index contributed by atoms with van der Waals surface area (Å²) in [5, 5.41) is 4.78. The van der Waals surface area contributed by atoms with Gasteiger partial charge in [0.15, 0.2) is 0 Å². The van der Waals surface area contributed by atoms with Crippen molar-refractivity contribution in [3.05, 3.63) is 90.5 Å². The van der Waals surface area contributed by atoms with Gasteiger partial charge in [-0.1, -0.05) is 48.5 Å². The summed E-state index contributed by atoms with van der Waals surface area (Å²) in [6, 6.07) is 30.0. The smallest absolute Gasteiger partial charge is 0.119 e. The molecule has 1 saturated heterocycles. The van der Waals surface area contributed by atoms with Gasteiger partial charge in [-0.2, -0.15) is 0 Å². The van der Waals surface area contributed by atoms with Crippen LogP contribution in [0.4, 0.5) is 11.4 Å². The Balaban J connectivity index is 1.73. The Bertz CT molecular complexity index is 802. The molecule has 3 nitrogen and oxygen atoms in total. The molecule has 1 fully saturated rings. The zero-order chi connectivity index (χ0) is 17.1. The largest absolute Gasteiger partial charge is 0.497 e. The van der Waals surface area contributed by atoms with Gasteiger partial charge < -0.3 is 4.74 Å². The minimum Gasteiger partial charge on any atom is -0.497 e. The molecular formula is C22H22N2O. The number of nitrogens with zero attached hydrogens (tertiary/aromatic N) is 2. The van der Waals surface area contributed by atoms with E-state index in [0.29, 0.717) is 6.04 Å². The molecule has 1 atom stereocenters. The Morgan fingerprint density at radius 3 is 2.04 bits per heavy atom. The topological polar surface area (TPSA) is 15.7 Å². The fourth-order valence-corrected chi connectivity index (χ4v) is 3.53. The molecule has 0 aliphatic carbocycles. The summed E-state index contributed by atoms with van der Waals surface area (Å²) in [6.45, 7) is 0.987. The molecule has 1 heterocycles. The molecule has 0 radical (unpaired) electrons. The molecule has 0 amide bonds. The van der Waals surface area contributed by atoms with E-state index in [-0.39, 0.29) is 0 Å². The summed E-state index contributed by atoms with van der Waals surface area (Å²) < 4.78 is 5.30. The molecule has 1 aliphatic heterocycles. The standard InChI is InChI=1S/C22H22N2O/c1-25-21-14-12-19(13-15-21)23-17-16-22(18-8-4-2-5-9-18)24(23)20-10-6-3-7-11-20/h2-15,22H,16-17H2,1H3. The van der Waals surface area contributed by atoms with Crippen LogP contribution in [0.2, 0.25) is 0 Å². The van der Waals surface area contributed by atoms with Gasteiger partial charge in [-0.15, -0.1) is 0 Å². The van der Waals surface area contributed by atoms with Gasteiger partial charge in [0.25, 0.3) is 0 Å². The van der Waals surface area contributed by atoms with E-state index in [2.05, 4.69) is 82.8 Å². The molecule has 0 saturated carbocycles. The first-order chi connectivity index (χ1) is 12.4. The second-order valence-electron chi connectivity index (χ2n) is 6.22. The number of para-hydroxylation sites is 1. The highest BCUT2D eigenvalue weighted by Gasteiger charge is 2.33. The number of rotatable bonds is 4. The quantitative estimate of drug-likeness (QED) is 0.664. The second kappa shape index (κ2) is 6.89. The highest BCUT2D eigenvalue weighted by atomic mass is 16.5. The number of hydrogen-bond donors (Lipinski definition) is 0. The average molecular weight is 330 g/mol. The van der Waals surface area contributed by atoms with Crippen LogP contribution in [0.3, 0.4) is 0 Å². The maximum Gasteiger partial charge on any atom is 0.119 e. The molecule has 3 aromatic rings. The van der Waals surface area contributed by atoms with Crippen LogP contribution < -0.4 is 14.8 Å². The molecule has 1 unspecified atom stereocenters. The Labute approximate surface area is 149 Å². The van der Waals surface area contributed by atoms with E-state index in [1.165, 1.54) is 16.9 Å². The van der Waals surface area contributed by atoms with Crippen LogP contribution in [0, 0.1) is 0 Å². The van der Waals surface area contributed by atoms with Gasteiger partial charge in [-0.05, 0) is 48.4 Å². The highest BCUT2D eigenvalue weighted by Crippen LogP contribution is 2.39. The number of anilines is 2. The van der Waals surface area contributed by atoms with Gasteiger partial charge in [0, 0.05) is 6.54 Å². The molecule has 1 aliphatic rings. The lowest BCUT2D eigenvalue weighted by atomic mass is 10.0. The minimum atomic E-state index is 0.339. The van der Waals surface area contributed by atoms with Crippen molar-refractivity contribution in [2.45, 2.75) is 12.5 Å². The van der Waals surface area contributed by atoms with Crippen LogP contribution in [-0.2, 0) is 0 Å². The average Bonchev–Trinajstić information content (AvgIpc) is 3.14. The fraction of sp³-hybridized carbons (Fsp3) is 0.182. The summed E-state index contributed by atoms with van der Waals surface area (Å²) in [4.78, 5) is 0. The van der Waals surface area contributed by atoms with Crippen LogP contribution in [0.1, 0.15) is 18.0 Å². The van der Waals surface area contributed by atoms with E-state index in [4.69, 9.17) is 4.74 Å². The maximum absolute atomic E-state index is 5.30. The van der Waals surface area contributed by atoms with Gasteiger partial charge in [-0.3, -0.25) is 10.0 Å². The highest BCUT2D eigenvalue weighted by molar-refractivity contribution is 5.61. The van der Waals surface area contributed by atoms with Gasteiger partial charge in [0.05, 0.1) is 24.5 Å². The molecule has 25 heavy (non-hydrogen) atoms. The predicted molar refractivity (Wildman–Crippen MR) is 103 cm³/mol. The second-order valence-corrected chi connectivity index (χ2v) is 6.22.